The minimum atomic E-state index is -4.36. The Morgan fingerprint density at radius 2 is 2.00 bits per heavy atom. The van der Waals surface area contributed by atoms with Gasteiger partial charge in [-0.2, -0.15) is 13.2 Å². The smallest absolute Gasteiger partial charge is 0.329 e. The van der Waals surface area contributed by atoms with Crippen molar-refractivity contribution in [1.82, 2.24) is 4.90 Å². The first kappa shape index (κ1) is 12.3. The second-order valence-electron chi connectivity index (χ2n) is 4.14. The SMILES string of the molecule is C[C@@H]1C[C@H](N)C(=O)N(CC(F)(F)F)[C@@H]1C. The summed E-state index contributed by atoms with van der Waals surface area (Å²) >= 11 is 0. The second kappa shape index (κ2) is 4.00. The highest BCUT2D eigenvalue weighted by Gasteiger charge is 2.41. The van der Waals surface area contributed by atoms with Gasteiger partial charge >= 0.3 is 6.18 Å². The van der Waals surface area contributed by atoms with Crippen molar-refractivity contribution in [3.05, 3.63) is 0 Å². The quantitative estimate of drug-likeness (QED) is 0.725. The summed E-state index contributed by atoms with van der Waals surface area (Å²) in [6.07, 6.45) is -3.91. The Morgan fingerprint density at radius 3 is 2.47 bits per heavy atom. The highest BCUT2D eigenvalue weighted by atomic mass is 19.4. The van der Waals surface area contributed by atoms with E-state index in [-0.39, 0.29) is 5.92 Å². The molecule has 1 amide bonds. The molecule has 1 heterocycles. The van der Waals surface area contributed by atoms with Gasteiger partial charge in [-0.25, -0.2) is 0 Å². The topological polar surface area (TPSA) is 46.3 Å². The third kappa shape index (κ3) is 2.84. The molecule has 1 aliphatic rings. The number of likely N-dealkylation sites (tertiary alicyclic amines) is 1. The molecule has 15 heavy (non-hydrogen) atoms. The molecule has 0 unspecified atom stereocenters. The van der Waals surface area contributed by atoms with Crippen molar-refractivity contribution in [3.8, 4) is 0 Å². The highest BCUT2D eigenvalue weighted by molar-refractivity contribution is 5.82. The van der Waals surface area contributed by atoms with Gasteiger partial charge in [0, 0.05) is 6.04 Å². The third-order valence-corrected chi connectivity index (χ3v) is 2.89. The van der Waals surface area contributed by atoms with E-state index < -0.39 is 30.7 Å². The van der Waals surface area contributed by atoms with Crippen LogP contribution in [0.5, 0.6) is 0 Å². The van der Waals surface area contributed by atoms with Crippen LogP contribution >= 0.6 is 0 Å². The Labute approximate surface area is 86.4 Å². The molecule has 0 radical (unpaired) electrons. The lowest BCUT2D eigenvalue weighted by molar-refractivity contribution is -0.171. The number of hydrogen-bond acceptors (Lipinski definition) is 2. The minimum absolute atomic E-state index is 0.0000463. The van der Waals surface area contributed by atoms with Crippen LogP contribution in [-0.2, 0) is 4.79 Å². The van der Waals surface area contributed by atoms with E-state index in [4.69, 9.17) is 5.73 Å². The van der Waals surface area contributed by atoms with E-state index in [1.54, 1.807) is 13.8 Å². The van der Waals surface area contributed by atoms with Crippen LogP contribution in [0.3, 0.4) is 0 Å². The van der Waals surface area contributed by atoms with E-state index in [0.29, 0.717) is 6.42 Å². The fraction of sp³-hybridized carbons (Fsp3) is 0.889. The number of nitrogens with two attached hydrogens (primary N) is 1. The van der Waals surface area contributed by atoms with E-state index in [0.717, 1.165) is 4.90 Å². The van der Waals surface area contributed by atoms with Crippen molar-refractivity contribution in [2.45, 2.75) is 38.5 Å². The molecule has 0 saturated carbocycles. The van der Waals surface area contributed by atoms with Crippen molar-refractivity contribution in [2.24, 2.45) is 11.7 Å². The summed E-state index contributed by atoms with van der Waals surface area (Å²) in [5, 5.41) is 0. The number of carbonyl (C=O) groups excluding carboxylic acids is 1. The number of amides is 1. The number of piperidine rings is 1. The van der Waals surface area contributed by atoms with E-state index in [2.05, 4.69) is 0 Å². The van der Waals surface area contributed by atoms with E-state index in [1.165, 1.54) is 0 Å². The summed E-state index contributed by atoms with van der Waals surface area (Å²) in [5.74, 6) is -0.599. The Morgan fingerprint density at radius 1 is 1.47 bits per heavy atom. The number of carbonyl (C=O) groups is 1. The molecule has 1 fully saturated rings. The molecule has 0 aromatic carbocycles. The lowest BCUT2D eigenvalue weighted by Crippen LogP contribution is -2.57. The lowest BCUT2D eigenvalue weighted by Gasteiger charge is -2.40. The maximum Gasteiger partial charge on any atom is 0.406 e. The normalized spacial score (nSPS) is 33.3. The minimum Gasteiger partial charge on any atom is -0.329 e. The molecule has 0 bridgehead atoms. The molecule has 2 N–H and O–H groups in total. The van der Waals surface area contributed by atoms with Crippen LogP contribution in [0.1, 0.15) is 20.3 Å². The summed E-state index contributed by atoms with van der Waals surface area (Å²) in [5.41, 5.74) is 5.48. The molecule has 0 aromatic rings. The lowest BCUT2D eigenvalue weighted by atomic mass is 9.89. The zero-order valence-corrected chi connectivity index (χ0v) is 8.71. The van der Waals surface area contributed by atoms with Gasteiger partial charge in [0.05, 0.1) is 6.04 Å². The second-order valence-corrected chi connectivity index (χ2v) is 4.14. The van der Waals surface area contributed by atoms with Crippen molar-refractivity contribution < 1.29 is 18.0 Å². The number of hydrogen-bond donors (Lipinski definition) is 1. The van der Waals surface area contributed by atoms with Gasteiger partial charge in [0.25, 0.3) is 0 Å². The van der Waals surface area contributed by atoms with E-state index in [9.17, 15) is 18.0 Å². The molecule has 1 saturated heterocycles. The standard InChI is InChI=1S/C9H15F3N2O/c1-5-3-7(13)8(15)14(6(5)2)4-9(10,11)12/h5-7H,3-4,13H2,1-2H3/t5-,6-,7+/m1/s1. The Bertz CT molecular complexity index is 254. The first-order valence-electron chi connectivity index (χ1n) is 4.85. The van der Waals surface area contributed by atoms with Gasteiger partial charge in [-0.15, -0.1) is 0 Å². The van der Waals surface area contributed by atoms with Crippen molar-refractivity contribution >= 4 is 5.91 Å². The van der Waals surface area contributed by atoms with Crippen LogP contribution in [0.2, 0.25) is 0 Å². The van der Waals surface area contributed by atoms with Gasteiger partial charge in [0.1, 0.15) is 6.54 Å². The maximum atomic E-state index is 12.2. The van der Waals surface area contributed by atoms with Crippen molar-refractivity contribution in [3.63, 3.8) is 0 Å². The molecule has 6 heteroatoms. The largest absolute Gasteiger partial charge is 0.406 e. The Balaban J connectivity index is 2.78. The molecule has 3 nitrogen and oxygen atoms in total. The van der Waals surface area contributed by atoms with Gasteiger partial charge in [-0.05, 0) is 19.3 Å². The van der Waals surface area contributed by atoms with Gasteiger partial charge in [0.15, 0.2) is 0 Å². The first-order valence-corrected chi connectivity index (χ1v) is 4.85. The van der Waals surface area contributed by atoms with Crippen LogP contribution in [0, 0.1) is 5.92 Å². The monoisotopic (exact) mass is 224 g/mol. The summed E-state index contributed by atoms with van der Waals surface area (Å²) in [4.78, 5) is 12.3. The average Bonchev–Trinajstić information content (AvgIpc) is 2.08. The molecule has 3 atom stereocenters. The third-order valence-electron chi connectivity index (χ3n) is 2.89. The zero-order chi connectivity index (χ0) is 11.8. The van der Waals surface area contributed by atoms with Crippen LogP contribution in [0.15, 0.2) is 0 Å². The maximum absolute atomic E-state index is 12.2. The molecular formula is C9H15F3N2O. The van der Waals surface area contributed by atoms with E-state index in [1.807, 2.05) is 0 Å². The van der Waals surface area contributed by atoms with E-state index >= 15 is 0 Å². The summed E-state index contributed by atoms with van der Waals surface area (Å²) < 4.78 is 36.6. The predicted molar refractivity (Wildman–Crippen MR) is 49.0 cm³/mol. The summed E-state index contributed by atoms with van der Waals surface area (Å²) in [6.45, 7) is 2.23. The zero-order valence-electron chi connectivity index (χ0n) is 8.71. The fourth-order valence-corrected chi connectivity index (χ4v) is 1.83. The van der Waals surface area contributed by atoms with Crippen LogP contribution in [-0.4, -0.2) is 35.6 Å². The van der Waals surface area contributed by atoms with Crippen LogP contribution in [0.4, 0.5) is 13.2 Å². The van der Waals surface area contributed by atoms with Crippen molar-refractivity contribution in [2.75, 3.05) is 6.54 Å². The molecule has 88 valence electrons. The first-order chi connectivity index (χ1) is 6.72. The van der Waals surface area contributed by atoms with Gasteiger partial charge in [-0.1, -0.05) is 6.92 Å². The average molecular weight is 224 g/mol. The number of nitrogens with zero attached hydrogens (tertiary/aromatic N) is 1. The molecular weight excluding hydrogens is 209 g/mol. The summed E-state index contributed by atoms with van der Waals surface area (Å²) in [7, 11) is 0. The van der Waals surface area contributed by atoms with Crippen molar-refractivity contribution in [1.29, 1.82) is 0 Å². The summed E-state index contributed by atoms with van der Waals surface area (Å²) in [6, 6.07) is -1.20. The van der Waals surface area contributed by atoms with Crippen LogP contribution < -0.4 is 5.73 Å². The van der Waals surface area contributed by atoms with Gasteiger partial charge in [-0.3, -0.25) is 4.79 Å². The molecule has 0 spiro atoms. The Hall–Kier alpha value is -0.780. The molecule has 1 aliphatic heterocycles. The number of rotatable bonds is 1. The van der Waals surface area contributed by atoms with Gasteiger partial charge in [0.2, 0.25) is 5.91 Å². The highest BCUT2D eigenvalue weighted by Crippen LogP contribution is 2.27. The predicted octanol–water partition coefficient (Wildman–Crippen LogP) is 1.13. The fourth-order valence-electron chi connectivity index (χ4n) is 1.83. The molecule has 1 rings (SSSR count). The van der Waals surface area contributed by atoms with Gasteiger partial charge < -0.3 is 10.6 Å². The van der Waals surface area contributed by atoms with Crippen LogP contribution in [0.25, 0.3) is 0 Å². The Kier molecular flexibility index (Phi) is 3.28. The molecule has 0 aliphatic carbocycles. The molecule has 0 aromatic heterocycles. The number of halogens is 3. The number of alkyl halides is 3.